The zero-order valence-electron chi connectivity index (χ0n) is 14.2. The molecule has 1 aromatic carbocycles. The molecule has 0 amide bonds. The van der Waals surface area contributed by atoms with Crippen molar-refractivity contribution in [1.82, 2.24) is 5.32 Å². The maximum Gasteiger partial charge on any atom is 0.161 e. The second-order valence-corrected chi connectivity index (χ2v) is 5.55. The Bertz CT molecular complexity index is 406. The van der Waals surface area contributed by atoms with Gasteiger partial charge in [-0.2, -0.15) is 0 Å². The summed E-state index contributed by atoms with van der Waals surface area (Å²) in [5.74, 6) is 2.30. The molecule has 1 aromatic rings. The van der Waals surface area contributed by atoms with E-state index >= 15 is 0 Å². The Balaban J connectivity index is 3.00. The molecule has 120 valence electrons. The second-order valence-electron chi connectivity index (χ2n) is 5.55. The third-order valence-corrected chi connectivity index (χ3v) is 3.77. The Morgan fingerprint density at radius 2 is 1.62 bits per heavy atom. The minimum atomic E-state index is 0.346. The van der Waals surface area contributed by atoms with Crippen LogP contribution in [0.4, 0.5) is 0 Å². The van der Waals surface area contributed by atoms with E-state index in [0.717, 1.165) is 44.0 Å². The fourth-order valence-corrected chi connectivity index (χ4v) is 2.39. The number of hydrogen-bond acceptors (Lipinski definition) is 3. The first-order chi connectivity index (χ1) is 10.2. The molecule has 0 heterocycles. The van der Waals surface area contributed by atoms with Crippen LogP contribution < -0.4 is 14.8 Å². The van der Waals surface area contributed by atoms with Gasteiger partial charge in [-0.05, 0) is 43.5 Å². The molecule has 0 aliphatic rings. The van der Waals surface area contributed by atoms with Crippen molar-refractivity contribution < 1.29 is 9.47 Å². The molecule has 2 unspecified atom stereocenters. The van der Waals surface area contributed by atoms with Crippen molar-refractivity contribution in [1.29, 1.82) is 0 Å². The molecular weight excluding hydrogens is 262 g/mol. The van der Waals surface area contributed by atoms with Gasteiger partial charge < -0.3 is 14.8 Å². The van der Waals surface area contributed by atoms with Crippen molar-refractivity contribution in [3.63, 3.8) is 0 Å². The molecule has 0 aliphatic heterocycles. The smallest absolute Gasteiger partial charge is 0.161 e. The van der Waals surface area contributed by atoms with Crippen LogP contribution in [0, 0.1) is 5.92 Å². The lowest BCUT2D eigenvalue weighted by molar-refractivity contribution is 0.267. The number of nitrogens with one attached hydrogen (secondary N) is 1. The molecule has 2 atom stereocenters. The highest BCUT2D eigenvalue weighted by Crippen LogP contribution is 2.33. The summed E-state index contributed by atoms with van der Waals surface area (Å²) in [5, 5.41) is 3.42. The Morgan fingerprint density at radius 3 is 2.14 bits per heavy atom. The van der Waals surface area contributed by atoms with Gasteiger partial charge in [0.05, 0.1) is 13.2 Å². The predicted octanol–water partition coefficient (Wildman–Crippen LogP) is 4.57. The minimum Gasteiger partial charge on any atom is -0.490 e. The van der Waals surface area contributed by atoms with Crippen LogP contribution in [-0.4, -0.2) is 20.3 Å². The maximum atomic E-state index is 5.88. The van der Waals surface area contributed by atoms with Gasteiger partial charge in [-0.1, -0.05) is 40.2 Å². The van der Waals surface area contributed by atoms with Crippen LogP contribution in [0.3, 0.4) is 0 Å². The maximum absolute atomic E-state index is 5.88. The van der Waals surface area contributed by atoms with Crippen LogP contribution in [-0.2, 0) is 0 Å². The van der Waals surface area contributed by atoms with Crippen molar-refractivity contribution in [2.75, 3.05) is 20.3 Å². The summed E-state index contributed by atoms with van der Waals surface area (Å²) in [6, 6.07) is 6.67. The summed E-state index contributed by atoms with van der Waals surface area (Å²) in [6.45, 7) is 10.2. The highest BCUT2D eigenvalue weighted by molar-refractivity contribution is 5.44. The number of rotatable bonds is 10. The Hall–Kier alpha value is -1.22. The molecule has 3 heteroatoms. The van der Waals surface area contributed by atoms with E-state index in [0.29, 0.717) is 12.0 Å². The highest BCUT2D eigenvalue weighted by atomic mass is 16.5. The van der Waals surface area contributed by atoms with Crippen molar-refractivity contribution in [3.05, 3.63) is 23.8 Å². The van der Waals surface area contributed by atoms with Gasteiger partial charge in [0, 0.05) is 6.04 Å². The van der Waals surface area contributed by atoms with Crippen LogP contribution in [0.25, 0.3) is 0 Å². The first kappa shape index (κ1) is 17.8. The molecule has 0 saturated heterocycles. The number of benzene rings is 1. The fourth-order valence-electron chi connectivity index (χ4n) is 2.39. The van der Waals surface area contributed by atoms with E-state index in [-0.39, 0.29) is 0 Å². The van der Waals surface area contributed by atoms with E-state index in [1.54, 1.807) is 0 Å². The van der Waals surface area contributed by atoms with Gasteiger partial charge in [0.25, 0.3) is 0 Å². The lowest BCUT2D eigenvalue weighted by atomic mass is 9.92. The van der Waals surface area contributed by atoms with Gasteiger partial charge in [0.2, 0.25) is 0 Å². The average Bonchev–Trinajstić information content (AvgIpc) is 2.52. The summed E-state index contributed by atoms with van der Waals surface area (Å²) >= 11 is 0. The monoisotopic (exact) mass is 293 g/mol. The zero-order chi connectivity index (χ0) is 15.7. The fraction of sp³-hybridized carbons (Fsp3) is 0.667. The first-order valence-corrected chi connectivity index (χ1v) is 8.24. The van der Waals surface area contributed by atoms with Gasteiger partial charge in [-0.3, -0.25) is 0 Å². The summed E-state index contributed by atoms with van der Waals surface area (Å²) < 4.78 is 11.7. The predicted molar refractivity (Wildman–Crippen MR) is 89.3 cm³/mol. The summed E-state index contributed by atoms with van der Waals surface area (Å²) in [4.78, 5) is 0. The summed E-state index contributed by atoms with van der Waals surface area (Å²) in [7, 11) is 2.02. The topological polar surface area (TPSA) is 30.5 Å². The van der Waals surface area contributed by atoms with E-state index < -0.39 is 0 Å². The molecule has 3 nitrogen and oxygen atoms in total. The zero-order valence-corrected chi connectivity index (χ0v) is 14.2. The molecule has 1 N–H and O–H groups in total. The highest BCUT2D eigenvalue weighted by Gasteiger charge is 2.18. The normalized spacial score (nSPS) is 13.8. The first-order valence-electron chi connectivity index (χ1n) is 8.24. The van der Waals surface area contributed by atoms with E-state index in [1.807, 2.05) is 13.1 Å². The van der Waals surface area contributed by atoms with Crippen LogP contribution >= 0.6 is 0 Å². The largest absolute Gasteiger partial charge is 0.490 e. The SMILES string of the molecule is CCCOc1ccc(C(NC)C(C)CC)cc1OCCC. The molecule has 0 bridgehead atoms. The minimum absolute atomic E-state index is 0.346. The molecule has 1 rings (SSSR count). The van der Waals surface area contributed by atoms with Crippen molar-refractivity contribution in [2.24, 2.45) is 5.92 Å². The van der Waals surface area contributed by atoms with E-state index in [1.165, 1.54) is 5.56 Å². The number of ether oxygens (including phenoxy) is 2. The quantitative estimate of drug-likeness (QED) is 0.685. The summed E-state index contributed by atoms with van der Waals surface area (Å²) in [5.41, 5.74) is 1.27. The van der Waals surface area contributed by atoms with Crippen LogP contribution in [0.1, 0.15) is 58.6 Å². The third kappa shape index (κ3) is 5.24. The van der Waals surface area contributed by atoms with E-state index in [9.17, 15) is 0 Å². The third-order valence-electron chi connectivity index (χ3n) is 3.77. The Morgan fingerprint density at radius 1 is 1.00 bits per heavy atom. The molecule has 0 spiro atoms. The van der Waals surface area contributed by atoms with Crippen molar-refractivity contribution in [3.8, 4) is 11.5 Å². The lowest BCUT2D eigenvalue weighted by Crippen LogP contribution is -2.23. The van der Waals surface area contributed by atoms with E-state index in [2.05, 4.69) is 45.1 Å². The molecule has 21 heavy (non-hydrogen) atoms. The number of hydrogen-bond donors (Lipinski definition) is 1. The van der Waals surface area contributed by atoms with Crippen LogP contribution in [0.15, 0.2) is 18.2 Å². The molecule has 0 fully saturated rings. The standard InChI is InChI=1S/C18H31NO2/c1-6-11-20-16-10-9-15(13-17(16)21-12-7-2)18(19-5)14(4)8-3/h9-10,13-14,18-19H,6-8,11-12H2,1-5H3. The Labute approximate surface area is 130 Å². The van der Waals surface area contributed by atoms with Gasteiger partial charge >= 0.3 is 0 Å². The molecular formula is C18H31NO2. The second kappa shape index (κ2) is 9.67. The molecule has 0 aromatic heterocycles. The average molecular weight is 293 g/mol. The van der Waals surface area contributed by atoms with Gasteiger partial charge in [-0.15, -0.1) is 0 Å². The molecule has 0 aliphatic carbocycles. The Kier molecular flexibility index (Phi) is 8.21. The van der Waals surface area contributed by atoms with Crippen molar-refractivity contribution in [2.45, 2.75) is 53.0 Å². The molecule has 0 saturated carbocycles. The lowest BCUT2D eigenvalue weighted by Gasteiger charge is -2.24. The summed E-state index contributed by atoms with van der Waals surface area (Å²) in [6.07, 6.45) is 3.14. The van der Waals surface area contributed by atoms with Crippen LogP contribution in [0.2, 0.25) is 0 Å². The molecule has 0 radical (unpaired) electrons. The van der Waals surface area contributed by atoms with E-state index in [4.69, 9.17) is 9.47 Å². The van der Waals surface area contributed by atoms with Crippen LogP contribution in [0.5, 0.6) is 11.5 Å². The van der Waals surface area contributed by atoms with Gasteiger partial charge in [0.15, 0.2) is 11.5 Å². The van der Waals surface area contributed by atoms with Crippen molar-refractivity contribution >= 4 is 0 Å². The van der Waals surface area contributed by atoms with Gasteiger partial charge in [0.1, 0.15) is 0 Å². The van der Waals surface area contributed by atoms with Gasteiger partial charge in [-0.25, -0.2) is 0 Å².